The van der Waals surface area contributed by atoms with Crippen LogP contribution in [0, 0.1) is 0 Å². The minimum Gasteiger partial charge on any atom is -0.382 e. The van der Waals surface area contributed by atoms with Gasteiger partial charge in [0.25, 0.3) is 0 Å². The number of nitrogens with zero attached hydrogens (tertiary/aromatic N) is 1. The molecular formula is C10H15NO3S. The Hall–Kier alpha value is -1.07. The largest absolute Gasteiger partial charge is 0.382 e. The molecule has 0 amide bonds. The van der Waals surface area contributed by atoms with E-state index in [1.165, 1.54) is 0 Å². The summed E-state index contributed by atoms with van der Waals surface area (Å²) in [4.78, 5) is 1.80. The zero-order chi connectivity index (χ0) is 11.3. The summed E-state index contributed by atoms with van der Waals surface area (Å²) in [5.74, 6) is 0.353. The van der Waals surface area contributed by atoms with Gasteiger partial charge < -0.3 is 9.08 Å². The fourth-order valence-corrected chi connectivity index (χ4v) is 2.04. The first kappa shape index (κ1) is 12.0. The van der Waals surface area contributed by atoms with Crippen molar-refractivity contribution in [3.63, 3.8) is 0 Å². The molecule has 0 aromatic heterocycles. The Labute approximate surface area is 90.6 Å². The van der Waals surface area contributed by atoms with E-state index in [-0.39, 0.29) is 5.75 Å². The number of benzene rings is 1. The van der Waals surface area contributed by atoms with Crippen molar-refractivity contribution in [1.82, 2.24) is 4.90 Å². The highest BCUT2D eigenvalue weighted by Gasteiger charge is 2.12. The summed E-state index contributed by atoms with van der Waals surface area (Å²) in [5.41, 5.74) is 0. The van der Waals surface area contributed by atoms with Gasteiger partial charge in [-0.05, 0) is 26.2 Å². The fraction of sp³-hybridized carbons (Fsp3) is 0.400. The molecule has 1 rings (SSSR count). The van der Waals surface area contributed by atoms with Gasteiger partial charge in [-0.2, -0.15) is 8.42 Å². The number of para-hydroxylation sites is 1. The molecule has 0 aliphatic rings. The molecule has 0 radical (unpaired) electrons. The predicted octanol–water partition coefficient (Wildman–Crippen LogP) is 0.957. The van der Waals surface area contributed by atoms with Gasteiger partial charge in [0.1, 0.15) is 5.75 Å². The van der Waals surface area contributed by atoms with Gasteiger partial charge in [0.15, 0.2) is 0 Å². The van der Waals surface area contributed by atoms with Gasteiger partial charge >= 0.3 is 10.1 Å². The van der Waals surface area contributed by atoms with Crippen molar-refractivity contribution in [1.29, 1.82) is 0 Å². The van der Waals surface area contributed by atoms with Crippen LogP contribution in [0.3, 0.4) is 0 Å². The van der Waals surface area contributed by atoms with Crippen LogP contribution in [-0.4, -0.2) is 39.7 Å². The highest BCUT2D eigenvalue weighted by Crippen LogP contribution is 2.11. The van der Waals surface area contributed by atoms with E-state index < -0.39 is 10.1 Å². The van der Waals surface area contributed by atoms with E-state index >= 15 is 0 Å². The van der Waals surface area contributed by atoms with Crippen LogP contribution >= 0.6 is 0 Å². The zero-order valence-electron chi connectivity index (χ0n) is 8.88. The Bertz CT molecular complexity index is 386. The van der Waals surface area contributed by atoms with E-state index in [2.05, 4.69) is 0 Å². The van der Waals surface area contributed by atoms with Gasteiger partial charge in [-0.15, -0.1) is 0 Å². The zero-order valence-corrected chi connectivity index (χ0v) is 9.70. The van der Waals surface area contributed by atoms with Crippen LogP contribution in [0.5, 0.6) is 5.75 Å². The Morgan fingerprint density at radius 2 is 1.80 bits per heavy atom. The molecular weight excluding hydrogens is 214 g/mol. The maximum Gasteiger partial charge on any atom is 0.310 e. The second-order valence-corrected chi connectivity index (χ2v) is 5.15. The standard InChI is InChI=1S/C10H15NO3S/c1-11(2)8-9-15(12,13)14-10-6-4-3-5-7-10/h3-7H,8-9H2,1-2H3. The molecule has 0 atom stereocenters. The van der Waals surface area contributed by atoms with E-state index in [4.69, 9.17) is 4.18 Å². The maximum atomic E-state index is 11.5. The lowest BCUT2D eigenvalue weighted by Gasteiger charge is -2.10. The average molecular weight is 229 g/mol. The molecule has 5 heteroatoms. The summed E-state index contributed by atoms with van der Waals surface area (Å²) in [7, 11) is 0.164. The summed E-state index contributed by atoms with van der Waals surface area (Å²) >= 11 is 0. The molecule has 0 bridgehead atoms. The first-order chi connectivity index (χ1) is 6.99. The van der Waals surface area contributed by atoms with Crippen molar-refractivity contribution in [2.75, 3.05) is 26.4 Å². The van der Waals surface area contributed by atoms with E-state index in [1.54, 1.807) is 35.2 Å². The van der Waals surface area contributed by atoms with Gasteiger partial charge in [0.2, 0.25) is 0 Å². The lowest BCUT2D eigenvalue weighted by Crippen LogP contribution is -2.24. The Morgan fingerprint density at radius 3 is 2.33 bits per heavy atom. The van der Waals surface area contributed by atoms with Gasteiger partial charge in [-0.25, -0.2) is 0 Å². The highest BCUT2D eigenvalue weighted by molar-refractivity contribution is 7.87. The Kier molecular flexibility index (Phi) is 4.11. The Morgan fingerprint density at radius 1 is 1.20 bits per heavy atom. The van der Waals surface area contributed by atoms with Crippen molar-refractivity contribution >= 4 is 10.1 Å². The van der Waals surface area contributed by atoms with Crippen molar-refractivity contribution in [2.45, 2.75) is 0 Å². The second kappa shape index (κ2) is 5.14. The summed E-state index contributed by atoms with van der Waals surface area (Å²) in [6, 6.07) is 8.51. The van der Waals surface area contributed by atoms with E-state index in [1.807, 2.05) is 14.1 Å². The van der Waals surface area contributed by atoms with Gasteiger partial charge in [0.05, 0.1) is 5.75 Å². The third kappa shape index (κ3) is 4.80. The molecule has 0 spiro atoms. The second-order valence-electron chi connectivity index (χ2n) is 3.46. The maximum absolute atomic E-state index is 11.5. The monoisotopic (exact) mass is 229 g/mol. The van der Waals surface area contributed by atoms with Crippen LogP contribution in [0.4, 0.5) is 0 Å². The molecule has 4 nitrogen and oxygen atoms in total. The van der Waals surface area contributed by atoms with Crippen LogP contribution in [0.25, 0.3) is 0 Å². The molecule has 0 saturated carbocycles. The van der Waals surface area contributed by atoms with E-state index in [9.17, 15) is 8.42 Å². The van der Waals surface area contributed by atoms with Crippen molar-refractivity contribution < 1.29 is 12.6 Å². The van der Waals surface area contributed by atoms with Crippen LogP contribution in [-0.2, 0) is 10.1 Å². The van der Waals surface area contributed by atoms with Crippen LogP contribution in [0.2, 0.25) is 0 Å². The molecule has 1 aromatic carbocycles. The first-order valence-electron chi connectivity index (χ1n) is 4.61. The molecule has 15 heavy (non-hydrogen) atoms. The van der Waals surface area contributed by atoms with Crippen LogP contribution in [0.15, 0.2) is 30.3 Å². The minimum absolute atomic E-state index is 0.00507. The van der Waals surface area contributed by atoms with Crippen LogP contribution < -0.4 is 4.18 Å². The van der Waals surface area contributed by atoms with Crippen molar-refractivity contribution in [3.05, 3.63) is 30.3 Å². The predicted molar refractivity (Wildman–Crippen MR) is 59.4 cm³/mol. The summed E-state index contributed by atoms with van der Waals surface area (Å²) in [6.07, 6.45) is 0. The normalized spacial score (nSPS) is 11.7. The summed E-state index contributed by atoms with van der Waals surface area (Å²) < 4.78 is 27.8. The molecule has 1 aromatic rings. The molecule has 0 heterocycles. The first-order valence-corrected chi connectivity index (χ1v) is 6.19. The quantitative estimate of drug-likeness (QED) is 0.705. The highest BCUT2D eigenvalue weighted by atomic mass is 32.2. The molecule has 84 valence electrons. The summed E-state index contributed by atoms with van der Waals surface area (Å²) in [6.45, 7) is 0.454. The Balaban J connectivity index is 2.57. The van der Waals surface area contributed by atoms with Gasteiger partial charge in [-0.1, -0.05) is 18.2 Å². The lowest BCUT2D eigenvalue weighted by atomic mass is 10.3. The van der Waals surface area contributed by atoms with Crippen molar-refractivity contribution in [2.24, 2.45) is 0 Å². The summed E-state index contributed by atoms with van der Waals surface area (Å²) in [5, 5.41) is 0. The van der Waals surface area contributed by atoms with Crippen LogP contribution in [0.1, 0.15) is 0 Å². The SMILES string of the molecule is CN(C)CCS(=O)(=O)Oc1ccccc1. The van der Waals surface area contributed by atoms with Crippen molar-refractivity contribution in [3.8, 4) is 5.75 Å². The smallest absolute Gasteiger partial charge is 0.310 e. The number of hydrogen-bond acceptors (Lipinski definition) is 4. The topological polar surface area (TPSA) is 46.6 Å². The lowest BCUT2D eigenvalue weighted by molar-refractivity contribution is 0.419. The molecule has 0 unspecified atom stereocenters. The third-order valence-electron chi connectivity index (χ3n) is 1.75. The minimum atomic E-state index is -3.47. The molecule has 0 aliphatic heterocycles. The number of rotatable bonds is 5. The third-order valence-corrected chi connectivity index (χ3v) is 2.88. The molecule has 0 fully saturated rings. The average Bonchev–Trinajstić information content (AvgIpc) is 2.16. The number of hydrogen-bond donors (Lipinski definition) is 0. The molecule has 0 N–H and O–H groups in total. The fourth-order valence-electron chi connectivity index (χ4n) is 0.959. The van der Waals surface area contributed by atoms with Gasteiger partial charge in [0, 0.05) is 6.54 Å². The molecule has 0 aliphatic carbocycles. The van der Waals surface area contributed by atoms with Gasteiger partial charge in [-0.3, -0.25) is 0 Å². The molecule has 0 saturated heterocycles. The van der Waals surface area contributed by atoms with E-state index in [0.29, 0.717) is 12.3 Å². The van der Waals surface area contributed by atoms with E-state index in [0.717, 1.165) is 0 Å².